The van der Waals surface area contributed by atoms with Crippen molar-refractivity contribution in [3.63, 3.8) is 0 Å². The maximum atomic E-state index is 11.7. The monoisotopic (exact) mass is 223 g/mol. The highest BCUT2D eigenvalue weighted by Gasteiger charge is 2.09. The molecule has 0 fully saturated rings. The van der Waals surface area contributed by atoms with E-state index < -0.39 is 0 Å². The summed E-state index contributed by atoms with van der Waals surface area (Å²) < 4.78 is 1.86. The van der Waals surface area contributed by atoms with E-state index in [4.69, 9.17) is 5.73 Å². The van der Waals surface area contributed by atoms with Crippen LogP contribution in [0.3, 0.4) is 0 Å². The second-order valence-corrected chi connectivity index (χ2v) is 4.49. The first kappa shape index (κ1) is 12.9. The van der Waals surface area contributed by atoms with E-state index in [9.17, 15) is 4.79 Å². The van der Waals surface area contributed by atoms with Gasteiger partial charge in [0.2, 0.25) is 0 Å². The van der Waals surface area contributed by atoms with Gasteiger partial charge in [0.25, 0.3) is 0 Å². The summed E-state index contributed by atoms with van der Waals surface area (Å²) >= 11 is 0. The van der Waals surface area contributed by atoms with Gasteiger partial charge in [0.15, 0.2) is 5.78 Å². The van der Waals surface area contributed by atoms with Crippen molar-refractivity contribution in [2.45, 2.75) is 39.7 Å². The molecule has 0 aliphatic rings. The lowest BCUT2D eigenvalue weighted by atomic mass is 10.0. The van der Waals surface area contributed by atoms with Crippen molar-refractivity contribution in [3.05, 3.63) is 18.2 Å². The minimum absolute atomic E-state index is 0.136. The van der Waals surface area contributed by atoms with Gasteiger partial charge < -0.3 is 10.3 Å². The maximum Gasteiger partial charge on any atom is 0.182 e. The largest absolute Gasteiger partial charge is 0.335 e. The molecule has 0 unspecified atom stereocenters. The Kier molecular flexibility index (Phi) is 5.19. The fourth-order valence-corrected chi connectivity index (χ4v) is 1.57. The van der Waals surface area contributed by atoms with Crippen LogP contribution in [0.4, 0.5) is 0 Å². The molecule has 0 saturated carbocycles. The first-order valence-electron chi connectivity index (χ1n) is 5.88. The zero-order chi connectivity index (χ0) is 12.0. The summed E-state index contributed by atoms with van der Waals surface area (Å²) in [5.41, 5.74) is 5.99. The number of carbonyl (C=O) groups excluding carboxylic acids is 1. The number of carbonyl (C=O) groups is 1. The molecule has 1 aromatic rings. The van der Waals surface area contributed by atoms with Crippen LogP contribution in [0.15, 0.2) is 12.5 Å². The van der Waals surface area contributed by atoms with Crippen LogP contribution in [0, 0.1) is 5.92 Å². The number of hydrogen-bond donors (Lipinski definition) is 1. The van der Waals surface area contributed by atoms with Gasteiger partial charge in [-0.05, 0) is 12.3 Å². The van der Waals surface area contributed by atoms with Crippen LogP contribution >= 0.6 is 0 Å². The lowest BCUT2D eigenvalue weighted by Crippen LogP contribution is -2.08. The molecule has 0 spiro atoms. The number of nitrogens with two attached hydrogens (primary N) is 1. The second-order valence-electron chi connectivity index (χ2n) is 4.49. The normalized spacial score (nSPS) is 11.0. The second kappa shape index (κ2) is 6.43. The summed E-state index contributed by atoms with van der Waals surface area (Å²) in [6, 6.07) is 0. The number of Topliss-reactive ketones (excluding diaryl/α,β-unsaturated/α-hetero) is 1. The molecule has 0 amide bonds. The number of imidazole rings is 1. The van der Waals surface area contributed by atoms with Crippen molar-refractivity contribution >= 4 is 5.78 Å². The number of nitrogens with zero attached hydrogens (tertiary/aromatic N) is 2. The summed E-state index contributed by atoms with van der Waals surface area (Å²) in [6.45, 7) is 5.62. The van der Waals surface area contributed by atoms with Crippen molar-refractivity contribution in [2.75, 3.05) is 6.54 Å². The number of aromatic nitrogens is 2. The molecule has 0 radical (unpaired) electrons. The quantitative estimate of drug-likeness (QED) is 0.718. The lowest BCUT2D eigenvalue weighted by Gasteiger charge is -2.02. The molecule has 0 aromatic carbocycles. The third kappa shape index (κ3) is 4.14. The Balaban J connectivity index is 2.40. The molecule has 1 rings (SSSR count). The average molecular weight is 223 g/mol. The predicted molar refractivity (Wildman–Crippen MR) is 64.3 cm³/mol. The summed E-state index contributed by atoms with van der Waals surface area (Å²) in [6.07, 6.45) is 6.08. The Hall–Kier alpha value is -1.16. The maximum absolute atomic E-state index is 11.7. The Morgan fingerprint density at radius 3 is 2.94 bits per heavy atom. The van der Waals surface area contributed by atoms with E-state index >= 15 is 0 Å². The third-order valence-electron chi connectivity index (χ3n) is 2.49. The van der Waals surface area contributed by atoms with Crippen LogP contribution in [0.25, 0.3) is 0 Å². The van der Waals surface area contributed by atoms with Gasteiger partial charge in [-0.3, -0.25) is 4.79 Å². The van der Waals surface area contributed by atoms with Crippen molar-refractivity contribution in [2.24, 2.45) is 11.7 Å². The topological polar surface area (TPSA) is 60.9 Å². The van der Waals surface area contributed by atoms with Crippen molar-refractivity contribution < 1.29 is 4.79 Å². The molecular formula is C12H21N3O. The standard InChI is InChI=1S/C12H21N3O/c1-10(2)4-3-5-12(16)11-8-15(7-6-13)9-14-11/h8-10H,3-7,13H2,1-2H3. The van der Waals surface area contributed by atoms with Gasteiger partial charge in [-0.15, -0.1) is 0 Å². The fraction of sp³-hybridized carbons (Fsp3) is 0.667. The molecular weight excluding hydrogens is 202 g/mol. The Labute approximate surface area is 96.9 Å². The van der Waals surface area contributed by atoms with E-state index in [0.717, 1.165) is 12.8 Å². The summed E-state index contributed by atoms with van der Waals surface area (Å²) in [4.78, 5) is 15.8. The van der Waals surface area contributed by atoms with E-state index in [1.165, 1.54) is 0 Å². The summed E-state index contributed by atoms with van der Waals surface area (Å²) in [7, 11) is 0. The van der Waals surface area contributed by atoms with Crippen LogP contribution in [-0.2, 0) is 6.54 Å². The van der Waals surface area contributed by atoms with Gasteiger partial charge in [0.1, 0.15) is 5.69 Å². The highest BCUT2D eigenvalue weighted by atomic mass is 16.1. The molecule has 1 aromatic heterocycles. The fourth-order valence-electron chi connectivity index (χ4n) is 1.57. The molecule has 16 heavy (non-hydrogen) atoms. The Bertz CT molecular complexity index is 331. The van der Waals surface area contributed by atoms with Crippen molar-refractivity contribution in [3.8, 4) is 0 Å². The molecule has 0 saturated heterocycles. The van der Waals surface area contributed by atoms with E-state index in [0.29, 0.717) is 31.1 Å². The van der Waals surface area contributed by atoms with Crippen LogP contribution in [0.5, 0.6) is 0 Å². The van der Waals surface area contributed by atoms with E-state index in [-0.39, 0.29) is 5.78 Å². The molecule has 0 aliphatic heterocycles. The highest BCUT2D eigenvalue weighted by molar-refractivity contribution is 5.93. The third-order valence-corrected chi connectivity index (χ3v) is 2.49. The van der Waals surface area contributed by atoms with Crippen LogP contribution in [0.1, 0.15) is 43.6 Å². The van der Waals surface area contributed by atoms with Crippen LogP contribution in [0.2, 0.25) is 0 Å². The number of hydrogen-bond acceptors (Lipinski definition) is 3. The number of rotatable bonds is 7. The number of ketones is 1. The molecule has 4 nitrogen and oxygen atoms in total. The van der Waals surface area contributed by atoms with Gasteiger partial charge in [-0.25, -0.2) is 4.98 Å². The SMILES string of the molecule is CC(C)CCCC(=O)c1cn(CCN)cn1. The zero-order valence-electron chi connectivity index (χ0n) is 10.1. The van der Waals surface area contributed by atoms with Gasteiger partial charge in [0.05, 0.1) is 6.33 Å². The van der Waals surface area contributed by atoms with Gasteiger partial charge in [-0.2, -0.15) is 0 Å². The van der Waals surface area contributed by atoms with Crippen LogP contribution < -0.4 is 5.73 Å². The summed E-state index contributed by atoms with van der Waals surface area (Å²) in [5.74, 6) is 0.791. The minimum atomic E-state index is 0.136. The molecule has 1 heterocycles. The van der Waals surface area contributed by atoms with Crippen molar-refractivity contribution in [1.82, 2.24) is 9.55 Å². The van der Waals surface area contributed by atoms with Crippen molar-refractivity contribution in [1.29, 1.82) is 0 Å². The van der Waals surface area contributed by atoms with Gasteiger partial charge in [0, 0.05) is 25.7 Å². The lowest BCUT2D eigenvalue weighted by molar-refractivity contribution is 0.0974. The average Bonchev–Trinajstić information content (AvgIpc) is 2.66. The van der Waals surface area contributed by atoms with E-state index in [1.807, 2.05) is 4.57 Å². The summed E-state index contributed by atoms with van der Waals surface area (Å²) in [5, 5.41) is 0. The van der Waals surface area contributed by atoms with E-state index in [1.54, 1.807) is 12.5 Å². The first-order valence-corrected chi connectivity index (χ1v) is 5.88. The predicted octanol–water partition coefficient (Wildman–Crippen LogP) is 1.85. The zero-order valence-corrected chi connectivity index (χ0v) is 10.1. The molecule has 0 bridgehead atoms. The Morgan fingerprint density at radius 2 is 2.31 bits per heavy atom. The van der Waals surface area contributed by atoms with Gasteiger partial charge >= 0.3 is 0 Å². The molecule has 2 N–H and O–H groups in total. The van der Waals surface area contributed by atoms with Gasteiger partial charge in [-0.1, -0.05) is 20.3 Å². The highest BCUT2D eigenvalue weighted by Crippen LogP contribution is 2.09. The van der Waals surface area contributed by atoms with E-state index in [2.05, 4.69) is 18.8 Å². The Morgan fingerprint density at radius 1 is 1.56 bits per heavy atom. The molecule has 90 valence electrons. The first-order chi connectivity index (χ1) is 7.63. The molecule has 0 atom stereocenters. The molecule has 0 aliphatic carbocycles. The minimum Gasteiger partial charge on any atom is -0.335 e. The van der Waals surface area contributed by atoms with Crippen LogP contribution in [-0.4, -0.2) is 21.9 Å². The molecule has 4 heteroatoms. The smallest absolute Gasteiger partial charge is 0.182 e.